The molecule has 1 atom stereocenters. The molecule has 0 bridgehead atoms. The number of hydrogen-bond donors (Lipinski definition) is 1. The number of thiazole rings is 1. The first kappa shape index (κ1) is 14.2. The van der Waals surface area contributed by atoms with Crippen molar-refractivity contribution in [2.45, 2.75) is 46.6 Å². The molecule has 1 unspecified atom stereocenters. The lowest BCUT2D eigenvalue weighted by atomic mass is 9.97. The van der Waals surface area contributed by atoms with Crippen molar-refractivity contribution in [1.82, 2.24) is 10.3 Å². The molecule has 1 aromatic rings. The predicted molar refractivity (Wildman–Crippen MR) is 75.3 cm³/mol. The molecule has 0 saturated heterocycles. The number of aromatic nitrogens is 1. The van der Waals surface area contributed by atoms with E-state index >= 15 is 0 Å². The van der Waals surface area contributed by atoms with Gasteiger partial charge in [0.2, 0.25) is 0 Å². The molecule has 0 amide bonds. The maximum absolute atomic E-state index is 4.49. The van der Waals surface area contributed by atoms with Crippen molar-refractivity contribution in [2.24, 2.45) is 5.41 Å². The highest BCUT2D eigenvalue weighted by molar-refractivity contribution is 7.09. The summed E-state index contributed by atoms with van der Waals surface area (Å²) < 4.78 is 0. The van der Waals surface area contributed by atoms with E-state index in [0.717, 1.165) is 18.5 Å². The van der Waals surface area contributed by atoms with Crippen LogP contribution in [0.25, 0.3) is 0 Å². The molecular weight excluding hydrogens is 228 g/mol. The number of nitrogens with one attached hydrogen (secondary N) is 1. The first-order valence-corrected chi connectivity index (χ1v) is 6.87. The fourth-order valence-corrected chi connectivity index (χ4v) is 2.28. The Morgan fingerprint density at radius 2 is 2.18 bits per heavy atom. The lowest BCUT2D eigenvalue weighted by Gasteiger charge is -2.12. The maximum Gasteiger partial charge on any atom is 0.0943 e. The molecular formula is C14H22N2S. The van der Waals surface area contributed by atoms with Crippen molar-refractivity contribution in [3.05, 3.63) is 16.1 Å². The van der Waals surface area contributed by atoms with Gasteiger partial charge in [-0.3, -0.25) is 0 Å². The predicted octanol–water partition coefficient (Wildman–Crippen LogP) is 3.02. The maximum atomic E-state index is 4.49. The van der Waals surface area contributed by atoms with E-state index in [9.17, 15) is 0 Å². The molecule has 17 heavy (non-hydrogen) atoms. The average Bonchev–Trinajstić information content (AvgIpc) is 2.60. The lowest BCUT2D eigenvalue weighted by Crippen LogP contribution is -2.27. The minimum Gasteiger partial charge on any atom is -0.316 e. The van der Waals surface area contributed by atoms with Crippen molar-refractivity contribution in [3.8, 4) is 11.8 Å². The standard InChI is InChI=1S/C14H22N2S/c1-11-10-17-13(16-11)9-12(15-5)7-6-8-14(2,3)4/h10,12,15H,7,9H2,1-5H3. The highest BCUT2D eigenvalue weighted by atomic mass is 32.1. The Kier molecular flexibility index (Phi) is 5.17. The van der Waals surface area contributed by atoms with E-state index in [2.05, 4.69) is 48.3 Å². The SMILES string of the molecule is CNC(CC#CC(C)(C)C)Cc1nc(C)cs1. The van der Waals surface area contributed by atoms with Crippen LogP contribution in [0.15, 0.2) is 5.38 Å². The largest absolute Gasteiger partial charge is 0.316 e. The van der Waals surface area contributed by atoms with Gasteiger partial charge in [-0.25, -0.2) is 4.98 Å². The fraction of sp³-hybridized carbons (Fsp3) is 0.643. The van der Waals surface area contributed by atoms with E-state index in [1.165, 1.54) is 5.01 Å². The van der Waals surface area contributed by atoms with Crippen molar-refractivity contribution < 1.29 is 0 Å². The van der Waals surface area contributed by atoms with Crippen molar-refractivity contribution in [2.75, 3.05) is 7.05 Å². The molecule has 0 aliphatic rings. The molecule has 0 aliphatic carbocycles. The number of likely N-dealkylation sites (N-methyl/N-ethyl adjacent to an activating group) is 1. The van der Waals surface area contributed by atoms with E-state index in [4.69, 9.17) is 0 Å². The summed E-state index contributed by atoms with van der Waals surface area (Å²) in [4.78, 5) is 4.49. The van der Waals surface area contributed by atoms with Gasteiger partial charge in [0.25, 0.3) is 0 Å². The summed E-state index contributed by atoms with van der Waals surface area (Å²) in [6.45, 7) is 8.45. The zero-order chi connectivity index (χ0) is 12.9. The summed E-state index contributed by atoms with van der Waals surface area (Å²) in [5, 5.41) is 6.60. The Bertz CT molecular complexity index is 404. The zero-order valence-electron chi connectivity index (χ0n) is 11.4. The number of nitrogens with zero attached hydrogens (tertiary/aromatic N) is 1. The smallest absolute Gasteiger partial charge is 0.0943 e. The average molecular weight is 250 g/mol. The third-order valence-electron chi connectivity index (χ3n) is 2.31. The van der Waals surface area contributed by atoms with Gasteiger partial charge < -0.3 is 5.32 Å². The Labute approximate surface area is 109 Å². The first-order valence-electron chi connectivity index (χ1n) is 5.99. The Morgan fingerprint density at radius 3 is 2.65 bits per heavy atom. The molecule has 0 radical (unpaired) electrons. The third kappa shape index (κ3) is 5.86. The normalized spacial score (nSPS) is 13.0. The molecule has 2 nitrogen and oxygen atoms in total. The van der Waals surface area contributed by atoms with Crippen LogP contribution in [-0.4, -0.2) is 18.1 Å². The number of hydrogen-bond acceptors (Lipinski definition) is 3. The highest BCUT2D eigenvalue weighted by Gasteiger charge is 2.09. The summed E-state index contributed by atoms with van der Waals surface area (Å²) in [7, 11) is 1.99. The summed E-state index contributed by atoms with van der Waals surface area (Å²) >= 11 is 1.73. The summed E-state index contributed by atoms with van der Waals surface area (Å²) in [6, 6.07) is 0.399. The van der Waals surface area contributed by atoms with Gasteiger partial charge in [-0.05, 0) is 34.7 Å². The molecule has 0 aliphatic heterocycles. The van der Waals surface area contributed by atoms with Crippen LogP contribution < -0.4 is 5.32 Å². The van der Waals surface area contributed by atoms with Crippen LogP contribution in [0.2, 0.25) is 0 Å². The Hall–Kier alpha value is -0.850. The molecule has 1 heterocycles. The van der Waals surface area contributed by atoms with Gasteiger partial charge in [-0.2, -0.15) is 0 Å². The van der Waals surface area contributed by atoms with Crippen LogP contribution in [-0.2, 0) is 6.42 Å². The van der Waals surface area contributed by atoms with Crippen LogP contribution in [0, 0.1) is 24.2 Å². The van der Waals surface area contributed by atoms with Crippen LogP contribution >= 0.6 is 11.3 Å². The fourth-order valence-electron chi connectivity index (χ4n) is 1.42. The van der Waals surface area contributed by atoms with Gasteiger partial charge in [0, 0.05) is 35.4 Å². The molecule has 0 spiro atoms. The van der Waals surface area contributed by atoms with Gasteiger partial charge in [0.1, 0.15) is 0 Å². The van der Waals surface area contributed by atoms with Gasteiger partial charge in [-0.15, -0.1) is 17.3 Å². The van der Waals surface area contributed by atoms with E-state index in [1.54, 1.807) is 11.3 Å². The quantitative estimate of drug-likeness (QED) is 0.831. The van der Waals surface area contributed by atoms with E-state index in [-0.39, 0.29) is 5.41 Å². The van der Waals surface area contributed by atoms with Crippen LogP contribution in [0.5, 0.6) is 0 Å². The van der Waals surface area contributed by atoms with Crippen LogP contribution in [0.4, 0.5) is 0 Å². The second-order valence-corrected chi connectivity index (χ2v) is 6.27. The molecule has 0 aromatic carbocycles. The van der Waals surface area contributed by atoms with Gasteiger partial charge >= 0.3 is 0 Å². The second kappa shape index (κ2) is 6.18. The molecule has 1 N–H and O–H groups in total. The van der Waals surface area contributed by atoms with E-state index in [1.807, 2.05) is 14.0 Å². The molecule has 0 fully saturated rings. The van der Waals surface area contributed by atoms with Crippen molar-refractivity contribution in [1.29, 1.82) is 0 Å². The van der Waals surface area contributed by atoms with Crippen LogP contribution in [0.3, 0.4) is 0 Å². The van der Waals surface area contributed by atoms with Crippen molar-refractivity contribution >= 4 is 11.3 Å². The molecule has 1 aromatic heterocycles. The lowest BCUT2D eigenvalue weighted by molar-refractivity contribution is 0.557. The molecule has 0 saturated carbocycles. The molecule has 1 rings (SSSR count). The molecule has 94 valence electrons. The number of aryl methyl sites for hydroxylation is 1. The van der Waals surface area contributed by atoms with Crippen LogP contribution in [0.1, 0.15) is 37.9 Å². The van der Waals surface area contributed by atoms with Gasteiger partial charge in [0.15, 0.2) is 0 Å². The van der Waals surface area contributed by atoms with E-state index < -0.39 is 0 Å². The number of rotatable bonds is 4. The Balaban J connectivity index is 2.51. The third-order valence-corrected chi connectivity index (χ3v) is 3.30. The minimum absolute atomic E-state index is 0.0933. The monoisotopic (exact) mass is 250 g/mol. The highest BCUT2D eigenvalue weighted by Crippen LogP contribution is 2.13. The van der Waals surface area contributed by atoms with Crippen molar-refractivity contribution in [3.63, 3.8) is 0 Å². The summed E-state index contributed by atoms with van der Waals surface area (Å²) in [6.07, 6.45) is 1.85. The van der Waals surface area contributed by atoms with Gasteiger partial charge in [0.05, 0.1) is 5.01 Å². The topological polar surface area (TPSA) is 24.9 Å². The zero-order valence-corrected chi connectivity index (χ0v) is 12.2. The van der Waals surface area contributed by atoms with E-state index in [0.29, 0.717) is 6.04 Å². The summed E-state index contributed by atoms with van der Waals surface area (Å²) in [5.41, 5.74) is 1.21. The Morgan fingerprint density at radius 1 is 1.47 bits per heavy atom. The minimum atomic E-state index is 0.0933. The molecule has 3 heteroatoms. The van der Waals surface area contributed by atoms with Gasteiger partial charge in [-0.1, -0.05) is 5.92 Å². The second-order valence-electron chi connectivity index (χ2n) is 5.33. The first-order chi connectivity index (χ1) is 7.90. The summed E-state index contributed by atoms with van der Waals surface area (Å²) in [5.74, 6) is 6.54.